The molecule has 0 aromatic heterocycles. The Bertz CT molecular complexity index is 3250. The molecule has 120 heavy (non-hydrogen) atoms. The zero-order chi connectivity index (χ0) is 88.4. The van der Waals surface area contributed by atoms with Crippen molar-refractivity contribution in [3.8, 4) is 0 Å². The van der Waals surface area contributed by atoms with Gasteiger partial charge in [0.1, 0.15) is 226 Å². The van der Waals surface area contributed by atoms with Gasteiger partial charge >= 0.3 is 0 Å². The first-order chi connectivity index (χ1) is 56.6. The van der Waals surface area contributed by atoms with Gasteiger partial charge in [-0.25, -0.2) is 0 Å². The Morgan fingerprint density at radius 1 is 0.233 bits per heavy atom. The van der Waals surface area contributed by atoms with Crippen molar-refractivity contribution in [3.63, 3.8) is 0 Å². The highest BCUT2D eigenvalue weighted by Gasteiger charge is 2.62. The van der Waals surface area contributed by atoms with E-state index < -0.39 is 377 Å². The molecule has 10 heterocycles. The molecule has 0 aromatic rings. The topological polar surface area (TPSA) is 798 Å². The Morgan fingerprint density at radius 2 is 0.533 bits per heavy atom. The molecule has 50 atom stereocenters. The summed E-state index contributed by atoms with van der Waals surface area (Å²) in [5.74, 6) is -3.76. The number of hydrogen-bond donors (Lipinski definition) is 29. The van der Waals surface area contributed by atoms with E-state index in [2.05, 4.69) is 21.3 Å². The molecule has 0 bridgehead atoms. The molecule has 10 rings (SSSR count). The van der Waals surface area contributed by atoms with Crippen LogP contribution in [-0.2, 0) is 109 Å². The van der Waals surface area contributed by atoms with Crippen LogP contribution in [0.15, 0.2) is 0 Å². The van der Waals surface area contributed by atoms with E-state index in [9.17, 15) is 147 Å². The second-order valence-corrected chi connectivity index (χ2v) is 31.0. The van der Waals surface area contributed by atoms with Crippen LogP contribution in [0.4, 0.5) is 0 Å². The summed E-state index contributed by atoms with van der Waals surface area (Å²) in [6.07, 6.45) is -93.6. The number of ether oxygens (including phenoxy) is 19. The van der Waals surface area contributed by atoms with E-state index in [1.165, 1.54) is 20.8 Å². The molecule has 0 aromatic carbocycles. The van der Waals surface area contributed by atoms with Crippen LogP contribution in [0.1, 0.15) is 48.5 Å². The van der Waals surface area contributed by atoms with Crippen LogP contribution in [0.25, 0.3) is 0 Å². The highest BCUT2D eigenvalue weighted by molar-refractivity contribution is 5.74. The molecule has 0 saturated carbocycles. The zero-order valence-corrected chi connectivity index (χ0v) is 65.4. The quantitative estimate of drug-likeness (QED) is 0.0331. The van der Waals surface area contributed by atoms with Gasteiger partial charge in [-0.1, -0.05) is 0 Å². The third-order valence-electron chi connectivity index (χ3n) is 22.3. The van der Waals surface area contributed by atoms with Gasteiger partial charge in [0.2, 0.25) is 23.6 Å². The Balaban J connectivity index is 1.00. The zero-order valence-electron chi connectivity index (χ0n) is 65.4. The van der Waals surface area contributed by atoms with Gasteiger partial charge < -0.3 is 239 Å². The smallest absolute Gasteiger partial charge is 0.217 e. The molecule has 52 heteroatoms. The van der Waals surface area contributed by atoms with Crippen molar-refractivity contribution < 1.29 is 237 Å². The van der Waals surface area contributed by atoms with Crippen molar-refractivity contribution in [3.05, 3.63) is 0 Å². The van der Waals surface area contributed by atoms with Gasteiger partial charge in [-0.3, -0.25) is 19.2 Å². The minimum Gasteiger partial charge on any atom is -0.394 e. The van der Waals surface area contributed by atoms with Crippen molar-refractivity contribution in [1.82, 2.24) is 21.3 Å². The molecule has 10 saturated heterocycles. The summed E-state index contributed by atoms with van der Waals surface area (Å²) in [4.78, 5) is 52.6. The second kappa shape index (κ2) is 42.4. The van der Waals surface area contributed by atoms with Gasteiger partial charge in [0.15, 0.2) is 62.9 Å². The predicted molar refractivity (Wildman–Crippen MR) is 372 cm³/mol. The van der Waals surface area contributed by atoms with Gasteiger partial charge in [0, 0.05) is 27.7 Å². The van der Waals surface area contributed by atoms with Crippen LogP contribution >= 0.6 is 0 Å². The van der Waals surface area contributed by atoms with E-state index in [0.717, 1.165) is 27.7 Å². The highest BCUT2D eigenvalue weighted by atomic mass is 16.8. The molecule has 10 aliphatic heterocycles. The molecule has 694 valence electrons. The van der Waals surface area contributed by atoms with Crippen LogP contribution in [0.3, 0.4) is 0 Å². The lowest BCUT2D eigenvalue weighted by atomic mass is 9.93. The van der Waals surface area contributed by atoms with Crippen molar-refractivity contribution in [2.75, 3.05) is 46.2 Å². The molecule has 10 fully saturated rings. The minimum absolute atomic E-state index is 0.852. The average Bonchev–Trinajstić information content (AvgIpc) is 0.751. The first-order valence-electron chi connectivity index (χ1n) is 38.7. The number of carbonyl (C=O) groups is 4. The predicted octanol–water partition coefficient (Wildman–Crippen LogP) is -19.1. The minimum atomic E-state index is -2.60. The van der Waals surface area contributed by atoms with E-state index in [-0.39, 0.29) is 0 Å². The standard InChI is InChI=1S/C68H114N4O48/c1-15-33(82)42(91)47(96)63(104-15)103-14-28-54(55(31(59(101)107-28)71-20(6)80)117-65-49(98)43(92)34(83)16(2)105-65)116-61-30(70-19(5)79)41(90)52(25(11-76)111-61)114-67-51(100)57(39(88)27(113-67)13-102-64-48(97)45(94)37(86)23(9-74)109-64)119-68-58(46(95)38(87)24(10-75)110-68)120-62-32(72-21(7)81)56(118-66-50(99)44(93)35(84)17(3)106-66)53(26(12-77)112-62)115-60-29(69-18(4)78)40(89)36(85)22(8-73)108-60/h15-17,22-68,73-77,82-101H,8-14H2,1-7H3,(H,69,78)(H,70,79)(H,71,80)(H,72,81)/t15-,16-,17-,22+,23+,24+,25+,26+,27+,28+,29+,30+,31+,32+,33+,34+,35+,36-,37+,38+,39+,40+,41+,42+,43+,44+,45-,46-,47-,48-,49-,50-,51-,52+,53+,54+,55+,56+,57-,58-,59+,60-,61-,62-,63+,64-,65-,66-,67-,68+/m0/s1. The number of aliphatic hydroxyl groups excluding tert-OH is 25. The fourth-order valence-corrected chi connectivity index (χ4v) is 15.7. The van der Waals surface area contributed by atoms with Crippen LogP contribution < -0.4 is 21.3 Å². The van der Waals surface area contributed by atoms with Crippen molar-refractivity contribution in [2.45, 2.75) is 355 Å². The number of amides is 4. The molecule has 52 nitrogen and oxygen atoms in total. The maximum atomic E-state index is 13.6. The van der Waals surface area contributed by atoms with Crippen LogP contribution in [0, 0.1) is 0 Å². The second-order valence-electron chi connectivity index (χ2n) is 31.0. The summed E-state index contributed by atoms with van der Waals surface area (Å²) >= 11 is 0. The van der Waals surface area contributed by atoms with E-state index >= 15 is 0 Å². The Kier molecular flexibility index (Phi) is 34.7. The van der Waals surface area contributed by atoms with Gasteiger partial charge in [-0.05, 0) is 20.8 Å². The number of carbonyl (C=O) groups excluding carboxylic acids is 4. The van der Waals surface area contributed by atoms with Gasteiger partial charge in [-0.15, -0.1) is 0 Å². The first-order valence-corrected chi connectivity index (χ1v) is 38.7. The lowest BCUT2D eigenvalue weighted by Gasteiger charge is -2.52. The molecular formula is C68H114N4O48. The number of hydrogen-bond acceptors (Lipinski definition) is 48. The summed E-state index contributed by atoms with van der Waals surface area (Å²) in [6.45, 7) is -0.104. The highest BCUT2D eigenvalue weighted by Crippen LogP contribution is 2.41. The molecule has 0 aliphatic carbocycles. The van der Waals surface area contributed by atoms with Crippen molar-refractivity contribution in [2.24, 2.45) is 0 Å². The summed E-state index contributed by atoms with van der Waals surface area (Å²) in [6, 6.07) is -7.71. The third kappa shape index (κ3) is 21.6. The summed E-state index contributed by atoms with van der Waals surface area (Å²) in [5, 5.41) is 290. The number of rotatable bonds is 29. The van der Waals surface area contributed by atoms with E-state index in [1.807, 2.05) is 0 Å². The monoisotopic (exact) mass is 1750 g/mol. The molecule has 10 aliphatic rings. The SMILES string of the molecule is CC(=O)N[C@@H]1[C@@H](O[C@@H]2O[C@@H](C)[C@@H](O)[C@@H](O)[C@@H]2O)[C@H](O[C@@H]2O[C@H](CO)[C@@H](O[C@@H]3O[C@H](CO[C@H]4O[C@H](CO)[C@@H](O)[C@H](O)[C@@H]4O)[C@@H](O)[C@H](O[C@H]4O[C@H](CO)[C@@H](O)[C@H](O)[C@@H]4O[C@@H]4O[C@H](CO)[C@@H](O[C@@H]5O[C@H](CO)[C@H](O)[C@H](O)[C@H]5NC(C)=O)[C@H](O[C@@H]5O[C@@H](C)[C@@H](O)[C@@H](O)[C@@H]5O)[C@H]4NC(C)=O)[C@@H]3O)[C@H](O)[C@H]2NC(C)=O)[C@@H](CO[C@@H]2O[C@@H](C)[C@@H](O)[C@@H](O)[C@@H]2O)O[C@H]1O. The molecule has 0 radical (unpaired) electrons. The van der Waals surface area contributed by atoms with Crippen LogP contribution in [0.2, 0.25) is 0 Å². The van der Waals surface area contributed by atoms with Gasteiger partial charge in [0.25, 0.3) is 0 Å². The lowest BCUT2D eigenvalue weighted by molar-refractivity contribution is -0.402. The van der Waals surface area contributed by atoms with E-state index in [1.54, 1.807) is 0 Å². The van der Waals surface area contributed by atoms with Crippen molar-refractivity contribution in [1.29, 1.82) is 0 Å². The number of nitrogens with one attached hydrogen (secondary N) is 4. The Morgan fingerprint density at radius 3 is 1.01 bits per heavy atom. The molecule has 0 unspecified atom stereocenters. The Labute approximate surface area is 681 Å². The first kappa shape index (κ1) is 98.3. The largest absolute Gasteiger partial charge is 0.394 e. The maximum Gasteiger partial charge on any atom is 0.217 e. The van der Waals surface area contributed by atoms with Gasteiger partial charge in [-0.2, -0.15) is 0 Å². The summed E-state index contributed by atoms with van der Waals surface area (Å²) in [7, 11) is 0. The Hall–Kier alpha value is -3.88. The van der Waals surface area contributed by atoms with Crippen molar-refractivity contribution >= 4 is 23.6 Å². The fourth-order valence-electron chi connectivity index (χ4n) is 15.7. The summed E-state index contributed by atoms with van der Waals surface area (Å²) < 4.78 is 115. The summed E-state index contributed by atoms with van der Waals surface area (Å²) in [5.41, 5.74) is 0. The fraction of sp³-hybridized carbons (Fsp3) is 0.941. The maximum absolute atomic E-state index is 13.6. The molecule has 29 N–H and O–H groups in total. The number of aliphatic hydroxyl groups is 25. The van der Waals surface area contributed by atoms with Crippen LogP contribution in [-0.4, -0.2) is 504 Å². The molecule has 0 spiro atoms. The normalized spacial score (nSPS) is 50.3. The third-order valence-corrected chi connectivity index (χ3v) is 22.3. The average molecular weight is 1760 g/mol. The molecular weight excluding hydrogens is 1640 g/mol. The van der Waals surface area contributed by atoms with Crippen LogP contribution in [0.5, 0.6) is 0 Å². The van der Waals surface area contributed by atoms with Gasteiger partial charge in [0.05, 0.1) is 64.6 Å². The van der Waals surface area contributed by atoms with E-state index in [4.69, 9.17) is 90.0 Å². The molecule has 4 amide bonds. The van der Waals surface area contributed by atoms with E-state index in [0.29, 0.717) is 0 Å². The lowest BCUT2D eigenvalue weighted by Crippen LogP contribution is -2.72.